The largest absolute Gasteiger partial charge is 0.411 e. The van der Waals surface area contributed by atoms with Crippen LogP contribution < -0.4 is 0 Å². The molecule has 0 aliphatic heterocycles. The van der Waals surface area contributed by atoms with Crippen LogP contribution in [-0.4, -0.2) is 11.4 Å². The third-order valence-corrected chi connectivity index (χ3v) is 1.35. The summed E-state index contributed by atoms with van der Waals surface area (Å²) in [6, 6.07) is 0. The van der Waals surface area contributed by atoms with Crippen LogP contribution in [-0.2, 0) is 0 Å². The summed E-state index contributed by atoms with van der Waals surface area (Å²) in [6.07, 6.45) is 1.55. The number of oxime groups is 1. The predicted octanol–water partition coefficient (Wildman–Crippen LogP) is 1.74. The van der Waals surface area contributed by atoms with Gasteiger partial charge in [0.05, 0.1) is 0 Å². The maximum atomic E-state index is 8.06. The molecule has 0 rings (SSSR count). The highest BCUT2D eigenvalue weighted by molar-refractivity contribution is 5.59. The van der Waals surface area contributed by atoms with E-state index in [1.807, 2.05) is 6.92 Å². The third kappa shape index (κ3) is 2.61. The van der Waals surface area contributed by atoms with E-state index in [2.05, 4.69) is 19.0 Å². The Hall–Kier alpha value is -0.530. The summed E-state index contributed by atoms with van der Waals surface area (Å²) >= 11 is 0. The zero-order valence-corrected chi connectivity index (χ0v) is 5.63. The fourth-order valence-electron chi connectivity index (χ4n) is 0.277. The summed E-state index contributed by atoms with van der Waals surface area (Å²) in [5.41, 5.74) is 0. The normalized spacial score (nSPS) is 15.5. The van der Waals surface area contributed by atoms with Gasteiger partial charge in [0.15, 0.2) is 0 Å². The maximum absolute atomic E-state index is 8.06. The highest BCUT2D eigenvalue weighted by atomic mass is 16.4. The monoisotopic (exact) mass is 115 g/mol. The highest BCUT2D eigenvalue weighted by Gasteiger charge is 2.01. The Balaban J connectivity index is 3.47. The molecule has 0 aliphatic carbocycles. The van der Waals surface area contributed by atoms with Crippen LogP contribution in [0.25, 0.3) is 0 Å². The van der Waals surface area contributed by atoms with Crippen LogP contribution in [0.1, 0.15) is 20.8 Å². The average molecular weight is 115 g/mol. The number of hydrogen-bond acceptors (Lipinski definition) is 2. The van der Waals surface area contributed by atoms with Crippen molar-refractivity contribution in [1.29, 1.82) is 0 Å². The first-order chi connectivity index (χ1) is 3.68. The Morgan fingerprint density at radius 2 is 1.88 bits per heavy atom. The second-order valence-corrected chi connectivity index (χ2v) is 2.37. The van der Waals surface area contributed by atoms with Gasteiger partial charge in [0, 0.05) is 6.21 Å². The third-order valence-electron chi connectivity index (χ3n) is 1.35. The molecule has 1 atom stereocenters. The standard InChI is InChI=1S/C6H13NO/c1-5(2)6(3)4-7-8/h4-6,8H,1-3H3/b7-4+/t6-/m1/s1. The fraction of sp³-hybridized carbons (Fsp3) is 0.833. The summed E-state index contributed by atoms with van der Waals surface area (Å²) in [4.78, 5) is 0. The second kappa shape index (κ2) is 3.47. The lowest BCUT2D eigenvalue weighted by Crippen LogP contribution is -2.04. The molecular weight excluding hydrogens is 102 g/mol. The van der Waals surface area contributed by atoms with Gasteiger partial charge in [0.2, 0.25) is 0 Å². The van der Waals surface area contributed by atoms with Crippen LogP contribution in [0.3, 0.4) is 0 Å². The predicted molar refractivity (Wildman–Crippen MR) is 34.3 cm³/mol. The van der Waals surface area contributed by atoms with Crippen molar-refractivity contribution in [2.75, 3.05) is 0 Å². The average Bonchev–Trinajstić information content (AvgIpc) is 1.67. The smallest absolute Gasteiger partial charge is 0.0466 e. The molecule has 0 fully saturated rings. The van der Waals surface area contributed by atoms with E-state index in [0.29, 0.717) is 11.8 Å². The van der Waals surface area contributed by atoms with Gasteiger partial charge >= 0.3 is 0 Å². The van der Waals surface area contributed by atoms with E-state index in [9.17, 15) is 0 Å². The van der Waals surface area contributed by atoms with E-state index in [1.165, 1.54) is 0 Å². The lowest BCUT2D eigenvalue weighted by molar-refractivity contribution is 0.316. The van der Waals surface area contributed by atoms with Crippen molar-refractivity contribution < 1.29 is 5.21 Å². The van der Waals surface area contributed by atoms with E-state index in [4.69, 9.17) is 5.21 Å². The molecule has 0 saturated heterocycles. The Morgan fingerprint density at radius 3 is 2.00 bits per heavy atom. The molecule has 0 aromatic heterocycles. The number of nitrogens with zero attached hydrogens (tertiary/aromatic N) is 1. The molecule has 0 bridgehead atoms. The molecule has 0 unspecified atom stereocenters. The number of hydrogen-bond donors (Lipinski definition) is 1. The molecule has 1 N–H and O–H groups in total. The number of rotatable bonds is 2. The molecule has 0 heterocycles. The van der Waals surface area contributed by atoms with Crippen molar-refractivity contribution in [2.24, 2.45) is 17.0 Å². The minimum absolute atomic E-state index is 0.375. The van der Waals surface area contributed by atoms with Crippen LogP contribution >= 0.6 is 0 Å². The van der Waals surface area contributed by atoms with E-state index >= 15 is 0 Å². The Kier molecular flexibility index (Phi) is 3.24. The van der Waals surface area contributed by atoms with Crippen LogP contribution in [0.4, 0.5) is 0 Å². The van der Waals surface area contributed by atoms with Gasteiger partial charge in [-0.05, 0) is 11.8 Å². The summed E-state index contributed by atoms with van der Waals surface area (Å²) in [5.74, 6) is 0.936. The van der Waals surface area contributed by atoms with Gasteiger partial charge in [-0.15, -0.1) is 5.16 Å². The zero-order valence-electron chi connectivity index (χ0n) is 5.63. The van der Waals surface area contributed by atoms with Crippen molar-refractivity contribution in [2.45, 2.75) is 20.8 Å². The molecular formula is C6H13NO. The van der Waals surface area contributed by atoms with Crippen molar-refractivity contribution in [3.8, 4) is 0 Å². The molecule has 2 nitrogen and oxygen atoms in total. The summed E-state index contributed by atoms with van der Waals surface area (Å²) in [7, 11) is 0. The van der Waals surface area contributed by atoms with Crippen LogP contribution in [0.2, 0.25) is 0 Å². The van der Waals surface area contributed by atoms with E-state index in [1.54, 1.807) is 6.21 Å². The Morgan fingerprint density at radius 1 is 1.38 bits per heavy atom. The van der Waals surface area contributed by atoms with Crippen LogP contribution in [0, 0.1) is 11.8 Å². The topological polar surface area (TPSA) is 32.6 Å². The molecule has 0 aromatic rings. The highest BCUT2D eigenvalue weighted by Crippen LogP contribution is 2.05. The first-order valence-electron chi connectivity index (χ1n) is 2.86. The molecule has 0 amide bonds. The molecule has 0 spiro atoms. The van der Waals surface area contributed by atoms with E-state index in [-0.39, 0.29) is 0 Å². The van der Waals surface area contributed by atoms with Crippen molar-refractivity contribution in [1.82, 2.24) is 0 Å². The minimum Gasteiger partial charge on any atom is -0.411 e. The Labute approximate surface area is 50.2 Å². The van der Waals surface area contributed by atoms with Crippen LogP contribution in [0.5, 0.6) is 0 Å². The van der Waals surface area contributed by atoms with E-state index < -0.39 is 0 Å². The molecule has 0 radical (unpaired) electrons. The lowest BCUT2D eigenvalue weighted by atomic mass is 10.0. The van der Waals surface area contributed by atoms with Gasteiger partial charge in [-0.1, -0.05) is 20.8 Å². The lowest BCUT2D eigenvalue weighted by Gasteiger charge is -2.06. The molecule has 8 heavy (non-hydrogen) atoms. The fourth-order valence-corrected chi connectivity index (χ4v) is 0.277. The zero-order chi connectivity index (χ0) is 6.57. The second-order valence-electron chi connectivity index (χ2n) is 2.37. The van der Waals surface area contributed by atoms with Crippen molar-refractivity contribution >= 4 is 6.21 Å². The van der Waals surface area contributed by atoms with Gasteiger partial charge in [0.25, 0.3) is 0 Å². The molecule has 2 heteroatoms. The molecule has 0 aromatic carbocycles. The summed E-state index contributed by atoms with van der Waals surface area (Å²) < 4.78 is 0. The summed E-state index contributed by atoms with van der Waals surface area (Å²) in [6.45, 7) is 6.20. The Bertz CT molecular complexity index is 78.6. The quantitative estimate of drug-likeness (QED) is 0.332. The molecule has 0 saturated carbocycles. The molecule has 48 valence electrons. The van der Waals surface area contributed by atoms with Gasteiger partial charge < -0.3 is 5.21 Å². The molecule has 0 aliphatic rings. The maximum Gasteiger partial charge on any atom is 0.0466 e. The van der Waals surface area contributed by atoms with Crippen LogP contribution in [0.15, 0.2) is 5.16 Å². The van der Waals surface area contributed by atoms with Gasteiger partial charge in [-0.3, -0.25) is 0 Å². The van der Waals surface area contributed by atoms with Gasteiger partial charge in [-0.2, -0.15) is 0 Å². The van der Waals surface area contributed by atoms with Gasteiger partial charge in [0.1, 0.15) is 0 Å². The first-order valence-corrected chi connectivity index (χ1v) is 2.86. The minimum atomic E-state index is 0.375. The van der Waals surface area contributed by atoms with Crippen molar-refractivity contribution in [3.05, 3.63) is 0 Å². The first kappa shape index (κ1) is 7.47. The van der Waals surface area contributed by atoms with E-state index in [0.717, 1.165) is 0 Å². The summed E-state index contributed by atoms with van der Waals surface area (Å²) in [5, 5.41) is 11.0. The van der Waals surface area contributed by atoms with Crippen molar-refractivity contribution in [3.63, 3.8) is 0 Å². The SMILES string of the molecule is CC(C)[C@H](C)/C=N/O. The van der Waals surface area contributed by atoms with Gasteiger partial charge in [-0.25, -0.2) is 0 Å².